The van der Waals surface area contributed by atoms with Gasteiger partial charge in [0.1, 0.15) is 5.75 Å². The average molecular weight is 251 g/mol. The number of benzene rings is 1. The van der Waals surface area contributed by atoms with Gasteiger partial charge in [-0.15, -0.1) is 0 Å². The van der Waals surface area contributed by atoms with Gasteiger partial charge in [-0.2, -0.15) is 0 Å². The molecule has 18 heavy (non-hydrogen) atoms. The quantitative estimate of drug-likeness (QED) is 0.685. The number of hydrogen-bond donors (Lipinski definition) is 1. The molecule has 0 saturated heterocycles. The molecule has 0 spiro atoms. The number of methoxy groups -OCH3 is 1. The lowest BCUT2D eigenvalue weighted by Crippen LogP contribution is -2.20. The van der Waals surface area contributed by atoms with E-state index >= 15 is 0 Å². The Morgan fingerprint density at radius 1 is 1.06 bits per heavy atom. The van der Waals surface area contributed by atoms with Gasteiger partial charge in [0.2, 0.25) is 0 Å². The van der Waals surface area contributed by atoms with Crippen LogP contribution in [0.25, 0.3) is 0 Å². The van der Waals surface area contributed by atoms with Crippen LogP contribution in [0, 0.1) is 13.8 Å². The summed E-state index contributed by atoms with van der Waals surface area (Å²) < 4.78 is 10.8. The first-order valence-corrected chi connectivity index (χ1v) is 6.63. The van der Waals surface area contributed by atoms with Gasteiger partial charge in [-0.3, -0.25) is 0 Å². The number of unbranched alkanes of at least 4 members (excludes halogenated alkanes) is 1. The summed E-state index contributed by atoms with van der Waals surface area (Å²) in [7, 11) is 1.72. The highest BCUT2D eigenvalue weighted by Gasteiger charge is 1.99. The van der Waals surface area contributed by atoms with E-state index in [4.69, 9.17) is 9.47 Å². The monoisotopic (exact) mass is 251 g/mol. The van der Waals surface area contributed by atoms with Gasteiger partial charge >= 0.3 is 0 Å². The molecule has 1 N–H and O–H groups in total. The molecule has 0 aliphatic carbocycles. The van der Waals surface area contributed by atoms with E-state index in [2.05, 4.69) is 37.4 Å². The van der Waals surface area contributed by atoms with Crippen molar-refractivity contribution in [1.82, 2.24) is 5.32 Å². The van der Waals surface area contributed by atoms with Crippen LogP contribution in [0.5, 0.6) is 5.75 Å². The average Bonchev–Trinajstić information content (AvgIpc) is 2.36. The molecule has 0 heterocycles. The van der Waals surface area contributed by atoms with Gasteiger partial charge in [0.25, 0.3) is 0 Å². The zero-order chi connectivity index (χ0) is 13.2. The van der Waals surface area contributed by atoms with E-state index in [9.17, 15) is 0 Å². The molecular weight excluding hydrogens is 226 g/mol. The molecule has 0 bridgehead atoms. The number of rotatable bonds is 9. The summed E-state index contributed by atoms with van der Waals surface area (Å²) >= 11 is 0. The molecule has 0 fully saturated rings. The second-order valence-corrected chi connectivity index (χ2v) is 4.57. The van der Waals surface area contributed by atoms with Crippen LogP contribution in [0.3, 0.4) is 0 Å². The number of hydrogen-bond acceptors (Lipinski definition) is 3. The first-order valence-electron chi connectivity index (χ1n) is 6.63. The van der Waals surface area contributed by atoms with Crippen LogP contribution in [0.2, 0.25) is 0 Å². The Hall–Kier alpha value is -1.06. The highest BCUT2D eigenvalue weighted by atomic mass is 16.5. The van der Waals surface area contributed by atoms with Crippen molar-refractivity contribution in [2.24, 2.45) is 0 Å². The van der Waals surface area contributed by atoms with Crippen molar-refractivity contribution in [2.75, 3.05) is 33.4 Å². The standard InChI is InChI=1S/C15H25NO2/c1-13-6-7-14(2)15(12-13)18-10-5-4-8-16-9-11-17-3/h6-7,12,16H,4-5,8-11H2,1-3H3. The van der Waals surface area contributed by atoms with Crippen molar-refractivity contribution >= 4 is 0 Å². The Morgan fingerprint density at radius 2 is 1.89 bits per heavy atom. The molecule has 1 aromatic rings. The second-order valence-electron chi connectivity index (χ2n) is 4.57. The molecule has 0 aliphatic heterocycles. The molecule has 0 unspecified atom stereocenters. The minimum absolute atomic E-state index is 0.777. The van der Waals surface area contributed by atoms with Crippen LogP contribution >= 0.6 is 0 Å². The fraction of sp³-hybridized carbons (Fsp3) is 0.600. The minimum atomic E-state index is 0.777. The van der Waals surface area contributed by atoms with Crippen molar-refractivity contribution in [3.8, 4) is 5.75 Å². The van der Waals surface area contributed by atoms with E-state index in [0.29, 0.717) is 0 Å². The van der Waals surface area contributed by atoms with E-state index in [1.165, 1.54) is 11.1 Å². The van der Waals surface area contributed by atoms with Gasteiger partial charge in [0.05, 0.1) is 13.2 Å². The maximum atomic E-state index is 5.79. The Kier molecular flexibility index (Phi) is 7.46. The Balaban J connectivity index is 2.09. The molecule has 0 atom stereocenters. The molecule has 1 rings (SSSR count). The summed E-state index contributed by atoms with van der Waals surface area (Å²) in [4.78, 5) is 0. The van der Waals surface area contributed by atoms with Crippen LogP contribution < -0.4 is 10.1 Å². The Morgan fingerprint density at radius 3 is 2.67 bits per heavy atom. The minimum Gasteiger partial charge on any atom is -0.493 e. The molecule has 0 aliphatic rings. The third-order valence-electron chi connectivity index (χ3n) is 2.83. The van der Waals surface area contributed by atoms with Crippen molar-refractivity contribution in [1.29, 1.82) is 0 Å². The summed E-state index contributed by atoms with van der Waals surface area (Å²) in [5.41, 5.74) is 2.45. The van der Waals surface area contributed by atoms with Crippen molar-refractivity contribution < 1.29 is 9.47 Å². The summed E-state index contributed by atoms with van der Waals surface area (Å²) in [6, 6.07) is 6.32. The SMILES string of the molecule is COCCNCCCCOc1cc(C)ccc1C. The van der Waals surface area contributed by atoms with E-state index in [-0.39, 0.29) is 0 Å². The summed E-state index contributed by atoms with van der Waals surface area (Å²) in [5, 5.41) is 3.32. The van der Waals surface area contributed by atoms with Gasteiger partial charge in [-0.25, -0.2) is 0 Å². The predicted octanol–water partition coefficient (Wildman–Crippen LogP) is 2.70. The van der Waals surface area contributed by atoms with Gasteiger partial charge in [-0.05, 0) is 50.4 Å². The molecule has 0 amide bonds. The maximum absolute atomic E-state index is 5.79. The van der Waals surface area contributed by atoms with Crippen LogP contribution in [-0.2, 0) is 4.74 Å². The Bertz CT molecular complexity index is 339. The van der Waals surface area contributed by atoms with E-state index < -0.39 is 0 Å². The number of ether oxygens (including phenoxy) is 2. The van der Waals surface area contributed by atoms with Crippen molar-refractivity contribution in [3.63, 3.8) is 0 Å². The highest BCUT2D eigenvalue weighted by Crippen LogP contribution is 2.19. The van der Waals surface area contributed by atoms with E-state index in [1.807, 2.05) is 0 Å². The van der Waals surface area contributed by atoms with Crippen molar-refractivity contribution in [2.45, 2.75) is 26.7 Å². The number of aryl methyl sites for hydroxylation is 2. The molecule has 3 nitrogen and oxygen atoms in total. The summed E-state index contributed by atoms with van der Waals surface area (Å²) in [5.74, 6) is 1.02. The first kappa shape index (κ1) is 15.0. The van der Waals surface area contributed by atoms with Crippen LogP contribution in [-0.4, -0.2) is 33.4 Å². The van der Waals surface area contributed by atoms with Gasteiger partial charge in [-0.1, -0.05) is 12.1 Å². The third-order valence-corrected chi connectivity index (χ3v) is 2.83. The lowest BCUT2D eigenvalue weighted by atomic mass is 10.1. The second kappa shape index (κ2) is 8.95. The topological polar surface area (TPSA) is 30.5 Å². The molecule has 0 radical (unpaired) electrons. The highest BCUT2D eigenvalue weighted by molar-refractivity contribution is 5.35. The zero-order valence-corrected chi connectivity index (χ0v) is 11.8. The van der Waals surface area contributed by atoms with Crippen molar-refractivity contribution in [3.05, 3.63) is 29.3 Å². The van der Waals surface area contributed by atoms with Crippen LogP contribution in [0.4, 0.5) is 0 Å². The first-order chi connectivity index (χ1) is 8.74. The van der Waals surface area contributed by atoms with Gasteiger partial charge in [0, 0.05) is 13.7 Å². The van der Waals surface area contributed by atoms with E-state index in [0.717, 1.165) is 44.9 Å². The van der Waals surface area contributed by atoms with E-state index in [1.54, 1.807) is 7.11 Å². The molecule has 0 aromatic heterocycles. The largest absolute Gasteiger partial charge is 0.493 e. The summed E-state index contributed by atoms with van der Waals surface area (Å²) in [6.45, 7) is 7.69. The van der Waals surface area contributed by atoms with Crippen LogP contribution in [0.15, 0.2) is 18.2 Å². The lowest BCUT2D eigenvalue weighted by Gasteiger charge is -2.10. The number of nitrogens with one attached hydrogen (secondary N) is 1. The predicted molar refractivity (Wildman–Crippen MR) is 75.4 cm³/mol. The zero-order valence-electron chi connectivity index (χ0n) is 11.8. The van der Waals surface area contributed by atoms with Gasteiger partial charge in [0.15, 0.2) is 0 Å². The van der Waals surface area contributed by atoms with Crippen LogP contribution in [0.1, 0.15) is 24.0 Å². The normalized spacial score (nSPS) is 10.6. The molecule has 3 heteroatoms. The maximum Gasteiger partial charge on any atom is 0.122 e. The molecule has 102 valence electrons. The molecule has 0 saturated carbocycles. The molecular formula is C15H25NO2. The smallest absolute Gasteiger partial charge is 0.122 e. The van der Waals surface area contributed by atoms with Gasteiger partial charge < -0.3 is 14.8 Å². The fourth-order valence-electron chi connectivity index (χ4n) is 1.70. The lowest BCUT2D eigenvalue weighted by molar-refractivity contribution is 0.199. The summed E-state index contributed by atoms with van der Waals surface area (Å²) in [6.07, 6.45) is 2.21. The Labute approximate surface area is 110 Å². The molecule has 1 aromatic carbocycles. The fourth-order valence-corrected chi connectivity index (χ4v) is 1.70. The third kappa shape index (κ3) is 6.03.